The van der Waals surface area contributed by atoms with Crippen molar-refractivity contribution in [2.24, 2.45) is 21.1 Å². The van der Waals surface area contributed by atoms with Crippen molar-refractivity contribution in [3.8, 4) is 0 Å². The second-order valence-electron chi connectivity index (χ2n) is 9.93. The first-order valence-corrected chi connectivity index (χ1v) is 9.91. The van der Waals surface area contributed by atoms with E-state index in [0.717, 1.165) is 28.2 Å². The molecule has 156 valence electrons. The summed E-state index contributed by atoms with van der Waals surface area (Å²) < 4.78 is 33.0. The normalized spacial score (nSPS) is 31.9. The van der Waals surface area contributed by atoms with Gasteiger partial charge in [-0.3, -0.25) is 9.59 Å². The molecule has 29 heavy (non-hydrogen) atoms. The fourth-order valence-electron chi connectivity index (χ4n) is 5.62. The number of amides is 1. The number of ketones is 1. The van der Waals surface area contributed by atoms with Crippen LogP contribution in [0.25, 0.3) is 0 Å². The smallest absolute Gasteiger partial charge is 0.322 e. The quantitative estimate of drug-likeness (QED) is 0.726. The van der Waals surface area contributed by atoms with Crippen molar-refractivity contribution in [3.05, 3.63) is 22.7 Å². The van der Waals surface area contributed by atoms with Gasteiger partial charge in [-0.25, -0.2) is 0 Å². The summed E-state index contributed by atoms with van der Waals surface area (Å²) >= 11 is 0. The number of carbonyl (C=O) groups excluding carboxylic acids is 2. The lowest BCUT2D eigenvalue weighted by atomic mass is 9.61. The molecule has 4 heterocycles. The topological polar surface area (TPSA) is 83.4 Å². The van der Waals surface area contributed by atoms with Crippen LogP contribution < -0.4 is 5.32 Å². The number of allylic oxidation sites excluding steroid dienone is 1. The van der Waals surface area contributed by atoms with Crippen molar-refractivity contribution < 1.29 is 23.1 Å². The van der Waals surface area contributed by atoms with E-state index in [-0.39, 0.29) is 30.9 Å². The summed E-state index contributed by atoms with van der Waals surface area (Å²) in [5.41, 5.74) is 1.05. The molecular weight excluding hydrogens is 382 g/mol. The van der Waals surface area contributed by atoms with Crippen LogP contribution in [0.15, 0.2) is 32.9 Å². The number of dihydropyridines is 1. The predicted molar refractivity (Wildman–Crippen MR) is 97.9 cm³/mol. The van der Waals surface area contributed by atoms with Crippen molar-refractivity contribution in [2.75, 3.05) is 26.2 Å². The summed E-state index contributed by atoms with van der Waals surface area (Å²) in [6, 6.07) is 0. The molecule has 2 fully saturated rings. The summed E-state index contributed by atoms with van der Waals surface area (Å²) in [7, 11) is 0. The number of Topliss-reactive ketones (excluding diaryl/α,β-unsaturated/α-hetero) is 1. The maximum absolute atomic E-state index is 13.4. The zero-order valence-electron chi connectivity index (χ0n) is 16.8. The van der Waals surface area contributed by atoms with E-state index in [2.05, 4.69) is 29.4 Å². The van der Waals surface area contributed by atoms with Crippen LogP contribution in [0.3, 0.4) is 0 Å². The van der Waals surface area contributed by atoms with E-state index in [9.17, 15) is 18.4 Å². The summed E-state index contributed by atoms with van der Waals surface area (Å²) in [6.07, 6.45) is 1.66. The fourth-order valence-corrected chi connectivity index (χ4v) is 5.62. The van der Waals surface area contributed by atoms with Gasteiger partial charge in [0.2, 0.25) is 0 Å². The Hall–Kier alpha value is -2.16. The van der Waals surface area contributed by atoms with E-state index in [0.29, 0.717) is 32.1 Å². The average molecular weight is 406 g/mol. The number of ether oxygens (including phenoxy) is 1. The number of nitrogens with zero attached hydrogens (tertiary/aromatic N) is 3. The molecule has 2 saturated heterocycles. The number of likely N-dealkylation sites (tertiary alicyclic amines) is 1. The minimum Gasteiger partial charge on any atom is -0.370 e. The van der Waals surface area contributed by atoms with Gasteiger partial charge in [-0.2, -0.15) is 13.9 Å². The summed E-state index contributed by atoms with van der Waals surface area (Å²) in [6.45, 7) is 5.65. The first kappa shape index (κ1) is 18.8. The molecule has 2 spiro atoms. The Bertz CT molecular complexity index is 925. The van der Waals surface area contributed by atoms with Crippen LogP contribution in [-0.2, 0) is 14.3 Å². The van der Waals surface area contributed by atoms with Gasteiger partial charge in [0.25, 0.3) is 5.91 Å². The zero-order valence-corrected chi connectivity index (χ0v) is 16.8. The van der Waals surface area contributed by atoms with E-state index in [4.69, 9.17) is 4.74 Å². The predicted octanol–water partition coefficient (Wildman–Crippen LogP) is 2.55. The molecule has 1 amide bonds. The largest absolute Gasteiger partial charge is 0.370 e. The lowest BCUT2D eigenvalue weighted by Crippen LogP contribution is -2.65. The van der Waals surface area contributed by atoms with Gasteiger partial charge in [-0.05, 0) is 18.3 Å². The van der Waals surface area contributed by atoms with E-state index in [1.165, 1.54) is 0 Å². The molecule has 0 aromatic rings. The van der Waals surface area contributed by atoms with Crippen molar-refractivity contribution in [2.45, 2.75) is 51.6 Å². The van der Waals surface area contributed by atoms with Crippen molar-refractivity contribution in [3.63, 3.8) is 0 Å². The number of hydrogen-bond acceptors (Lipinski definition) is 6. The van der Waals surface area contributed by atoms with Crippen LogP contribution >= 0.6 is 0 Å². The summed E-state index contributed by atoms with van der Waals surface area (Å²) in [5, 5.41) is 11.7. The Balaban J connectivity index is 1.48. The molecule has 1 unspecified atom stereocenters. The molecular formula is C20H24F2N4O3. The standard InChI is InChI=1S/C20H24F2N4O3/c1-17(2)4-12-14(13(27)5-17)20(11-6-23-25-15(11)24-12)7-19(29-10-20)8-26(9-19)16(28)18(3,21)22/h24H,4-10H2,1-3H3. The number of hydrogen-bond donors (Lipinski definition) is 1. The number of nitrogens with one attached hydrogen (secondary N) is 1. The van der Waals surface area contributed by atoms with Crippen LogP contribution in [0.1, 0.15) is 40.0 Å². The Morgan fingerprint density at radius 1 is 1.28 bits per heavy atom. The Morgan fingerprint density at radius 2 is 2.00 bits per heavy atom. The molecule has 0 aromatic carbocycles. The number of carbonyl (C=O) groups is 2. The maximum atomic E-state index is 13.4. The third kappa shape index (κ3) is 2.62. The fraction of sp³-hybridized carbons (Fsp3) is 0.700. The van der Waals surface area contributed by atoms with Crippen molar-refractivity contribution in [1.29, 1.82) is 0 Å². The van der Waals surface area contributed by atoms with Gasteiger partial charge >= 0.3 is 5.92 Å². The molecule has 0 radical (unpaired) electrons. The summed E-state index contributed by atoms with van der Waals surface area (Å²) in [4.78, 5) is 26.2. The Morgan fingerprint density at radius 3 is 2.69 bits per heavy atom. The molecule has 7 nitrogen and oxygen atoms in total. The highest BCUT2D eigenvalue weighted by Crippen LogP contribution is 2.58. The molecule has 0 saturated carbocycles. The minimum atomic E-state index is -3.40. The van der Waals surface area contributed by atoms with Gasteiger partial charge in [-0.15, -0.1) is 5.11 Å². The zero-order chi connectivity index (χ0) is 20.8. The molecule has 4 aliphatic heterocycles. The van der Waals surface area contributed by atoms with Crippen molar-refractivity contribution >= 4 is 11.7 Å². The number of rotatable bonds is 1. The van der Waals surface area contributed by atoms with Gasteiger partial charge in [0.1, 0.15) is 5.60 Å². The van der Waals surface area contributed by atoms with E-state index in [1.54, 1.807) is 0 Å². The molecule has 5 aliphatic rings. The molecule has 5 rings (SSSR count). The van der Waals surface area contributed by atoms with Crippen LogP contribution in [0.2, 0.25) is 0 Å². The number of fused-ring (bicyclic) bond motifs is 2. The van der Waals surface area contributed by atoms with Gasteiger partial charge < -0.3 is 15.0 Å². The van der Waals surface area contributed by atoms with Crippen LogP contribution in [0, 0.1) is 10.8 Å². The van der Waals surface area contributed by atoms with E-state index in [1.807, 2.05) is 0 Å². The van der Waals surface area contributed by atoms with Gasteiger partial charge in [0.05, 0.1) is 31.7 Å². The minimum absolute atomic E-state index is 0.0928. The van der Waals surface area contributed by atoms with Gasteiger partial charge in [-0.1, -0.05) is 13.8 Å². The lowest BCUT2D eigenvalue weighted by Gasteiger charge is -2.49. The SMILES string of the molecule is CC1(C)CC(=O)C2=C(C1)NC1=C(CN=N1)C21COC2(CN(C(=O)C(C)(F)F)C2)C1. The third-order valence-corrected chi connectivity index (χ3v) is 6.76. The monoisotopic (exact) mass is 406 g/mol. The molecule has 9 heteroatoms. The molecule has 0 bridgehead atoms. The lowest BCUT2D eigenvalue weighted by molar-refractivity contribution is -0.178. The van der Waals surface area contributed by atoms with Crippen LogP contribution in [0.4, 0.5) is 8.78 Å². The molecule has 1 N–H and O–H groups in total. The molecule has 1 aliphatic carbocycles. The Labute approximate surface area is 167 Å². The van der Waals surface area contributed by atoms with Gasteiger partial charge in [0.15, 0.2) is 11.6 Å². The number of azo groups is 1. The maximum Gasteiger partial charge on any atom is 0.322 e. The highest BCUT2D eigenvalue weighted by atomic mass is 19.3. The molecule has 0 aromatic heterocycles. The highest BCUT2D eigenvalue weighted by Gasteiger charge is 2.63. The van der Waals surface area contributed by atoms with E-state index < -0.39 is 22.8 Å². The number of alkyl halides is 2. The van der Waals surface area contributed by atoms with Crippen LogP contribution in [0.5, 0.6) is 0 Å². The van der Waals surface area contributed by atoms with E-state index >= 15 is 0 Å². The number of halogens is 2. The second kappa shape index (κ2) is 5.50. The highest BCUT2D eigenvalue weighted by molar-refractivity contribution is 6.00. The Kier molecular flexibility index (Phi) is 3.57. The average Bonchev–Trinajstić information content (AvgIpc) is 3.16. The summed E-state index contributed by atoms with van der Waals surface area (Å²) in [5.74, 6) is -3.80. The third-order valence-electron chi connectivity index (χ3n) is 6.76. The molecule has 1 atom stereocenters. The second-order valence-corrected chi connectivity index (χ2v) is 9.93. The van der Waals surface area contributed by atoms with Gasteiger partial charge in [0, 0.05) is 30.2 Å². The first-order valence-electron chi connectivity index (χ1n) is 9.91. The first-order chi connectivity index (χ1) is 13.4. The van der Waals surface area contributed by atoms with Crippen LogP contribution in [-0.4, -0.2) is 54.4 Å². The van der Waals surface area contributed by atoms with Crippen molar-refractivity contribution in [1.82, 2.24) is 10.2 Å².